The van der Waals surface area contributed by atoms with Gasteiger partial charge in [0.05, 0.1) is 17.7 Å². The van der Waals surface area contributed by atoms with Gasteiger partial charge in [0, 0.05) is 32.4 Å². The molecule has 8 nitrogen and oxygen atoms in total. The first-order valence-corrected chi connectivity index (χ1v) is 11.2. The molecule has 0 spiro atoms. The van der Waals surface area contributed by atoms with Crippen LogP contribution in [0.5, 0.6) is 5.75 Å². The number of piperazine rings is 1. The predicted molar refractivity (Wildman–Crippen MR) is 117 cm³/mol. The largest absolute Gasteiger partial charge is 0.495 e. The van der Waals surface area contributed by atoms with Gasteiger partial charge in [-0.25, -0.2) is 8.42 Å². The number of aryl methyl sites for hydroxylation is 1. The van der Waals surface area contributed by atoms with Gasteiger partial charge in [0.25, 0.3) is 5.91 Å². The van der Waals surface area contributed by atoms with E-state index in [9.17, 15) is 18.5 Å². The van der Waals surface area contributed by atoms with Gasteiger partial charge in [-0.2, -0.15) is 9.57 Å². The van der Waals surface area contributed by atoms with Gasteiger partial charge in [0.1, 0.15) is 17.4 Å². The maximum absolute atomic E-state index is 12.8. The van der Waals surface area contributed by atoms with Crippen LogP contribution in [0, 0.1) is 18.3 Å². The summed E-state index contributed by atoms with van der Waals surface area (Å²) >= 11 is 0. The third-order valence-electron chi connectivity index (χ3n) is 4.96. The molecule has 2 aromatic rings. The SMILES string of the molecule is COc1ccccc1NC(=O)/C(C#N)=C\N1CCN(S(=O)(=O)c2ccc(C)cc2)CC1. The number of benzene rings is 2. The summed E-state index contributed by atoms with van der Waals surface area (Å²) in [5.74, 6) is -0.0650. The normalized spacial score (nSPS) is 15.3. The van der Waals surface area contributed by atoms with Gasteiger partial charge in [0.15, 0.2) is 0 Å². The number of ether oxygens (including phenoxy) is 1. The molecule has 162 valence electrons. The van der Waals surface area contributed by atoms with E-state index >= 15 is 0 Å². The molecule has 3 rings (SSSR count). The lowest BCUT2D eigenvalue weighted by atomic mass is 10.2. The molecule has 1 saturated heterocycles. The zero-order valence-electron chi connectivity index (χ0n) is 17.4. The fraction of sp³-hybridized carbons (Fsp3) is 0.273. The summed E-state index contributed by atoms with van der Waals surface area (Å²) < 4.78 is 32.3. The summed E-state index contributed by atoms with van der Waals surface area (Å²) in [4.78, 5) is 14.6. The number of methoxy groups -OCH3 is 1. The van der Waals surface area contributed by atoms with E-state index in [1.54, 1.807) is 53.4 Å². The van der Waals surface area contributed by atoms with E-state index < -0.39 is 15.9 Å². The van der Waals surface area contributed by atoms with Gasteiger partial charge in [-0.1, -0.05) is 29.8 Å². The van der Waals surface area contributed by atoms with Crippen molar-refractivity contribution in [3.05, 3.63) is 65.9 Å². The lowest BCUT2D eigenvalue weighted by Crippen LogP contribution is -2.46. The third-order valence-corrected chi connectivity index (χ3v) is 6.88. The van der Waals surface area contributed by atoms with Gasteiger partial charge >= 0.3 is 0 Å². The molecule has 0 unspecified atom stereocenters. The van der Waals surface area contributed by atoms with E-state index in [4.69, 9.17) is 4.74 Å². The molecule has 0 radical (unpaired) electrons. The molecule has 0 atom stereocenters. The number of amides is 1. The first kappa shape index (κ1) is 22.3. The Morgan fingerprint density at radius 2 is 1.74 bits per heavy atom. The Kier molecular flexibility index (Phi) is 6.95. The molecule has 1 aliphatic heterocycles. The van der Waals surface area contributed by atoms with E-state index in [1.165, 1.54) is 17.6 Å². The van der Waals surface area contributed by atoms with Crippen LogP contribution in [0.3, 0.4) is 0 Å². The molecule has 31 heavy (non-hydrogen) atoms. The Bertz CT molecular complexity index is 1110. The van der Waals surface area contributed by atoms with Gasteiger partial charge in [-0.3, -0.25) is 4.79 Å². The summed E-state index contributed by atoms with van der Waals surface area (Å²) in [7, 11) is -2.08. The van der Waals surface area contributed by atoms with Crippen molar-refractivity contribution in [2.45, 2.75) is 11.8 Å². The van der Waals surface area contributed by atoms with E-state index in [0.717, 1.165) is 5.56 Å². The third kappa shape index (κ3) is 5.23. The molecular formula is C22H24N4O4S. The highest BCUT2D eigenvalue weighted by Gasteiger charge is 2.28. The average molecular weight is 441 g/mol. The molecule has 1 heterocycles. The second kappa shape index (κ2) is 9.64. The van der Waals surface area contributed by atoms with E-state index in [-0.39, 0.29) is 23.6 Å². The van der Waals surface area contributed by atoms with E-state index in [0.29, 0.717) is 24.5 Å². The molecule has 0 aromatic heterocycles. The monoisotopic (exact) mass is 440 g/mol. The number of hydrogen-bond donors (Lipinski definition) is 1. The summed E-state index contributed by atoms with van der Waals surface area (Å²) in [6, 6.07) is 15.6. The number of nitrogens with zero attached hydrogens (tertiary/aromatic N) is 3. The standard InChI is InChI=1S/C22H24N4O4S/c1-17-7-9-19(10-8-17)31(28,29)26-13-11-25(12-14-26)16-18(15-23)22(27)24-20-5-3-4-6-21(20)30-2/h3-10,16H,11-14H2,1-2H3,(H,24,27)/b18-16-. The topological polar surface area (TPSA) is 103 Å². The minimum absolute atomic E-state index is 0.0688. The van der Waals surface area contributed by atoms with Crippen LogP contribution in [-0.4, -0.2) is 56.8 Å². The Hall–Kier alpha value is -3.35. The molecule has 0 aliphatic carbocycles. The number of hydrogen-bond acceptors (Lipinski definition) is 6. The van der Waals surface area contributed by atoms with Crippen molar-refractivity contribution in [2.75, 3.05) is 38.6 Å². The van der Waals surface area contributed by atoms with Crippen LogP contribution in [-0.2, 0) is 14.8 Å². The molecular weight excluding hydrogens is 416 g/mol. The number of rotatable bonds is 6. The average Bonchev–Trinajstić information content (AvgIpc) is 2.78. The number of sulfonamides is 1. The molecule has 1 amide bonds. The molecule has 0 bridgehead atoms. The van der Waals surface area contributed by atoms with E-state index in [1.807, 2.05) is 13.0 Å². The van der Waals surface area contributed by atoms with Gasteiger partial charge in [-0.15, -0.1) is 0 Å². The number of para-hydroxylation sites is 2. The fourth-order valence-corrected chi connectivity index (χ4v) is 4.61. The quantitative estimate of drug-likeness (QED) is 0.546. The second-order valence-corrected chi connectivity index (χ2v) is 9.00. The van der Waals surface area contributed by atoms with Crippen molar-refractivity contribution in [1.82, 2.24) is 9.21 Å². The molecule has 2 aromatic carbocycles. The van der Waals surface area contributed by atoms with Crippen molar-refractivity contribution in [2.24, 2.45) is 0 Å². The highest BCUT2D eigenvalue weighted by atomic mass is 32.2. The van der Waals surface area contributed by atoms with Crippen LogP contribution >= 0.6 is 0 Å². The van der Waals surface area contributed by atoms with Crippen LogP contribution in [0.1, 0.15) is 5.56 Å². The maximum atomic E-state index is 12.8. The zero-order valence-corrected chi connectivity index (χ0v) is 18.2. The Morgan fingerprint density at radius 3 is 2.35 bits per heavy atom. The summed E-state index contributed by atoms with van der Waals surface area (Å²) in [6.45, 7) is 3.17. The lowest BCUT2D eigenvalue weighted by Gasteiger charge is -2.33. The second-order valence-electron chi connectivity index (χ2n) is 7.06. The van der Waals surface area contributed by atoms with Gasteiger partial charge in [-0.05, 0) is 31.2 Å². The molecule has 1 aliphatic rings. The first-order valence-electron chi connectivity index (χ1n) is 9.72. The molecule has 1 N–H and O–H groups in total. The minimum atomic E-state index is -3.57. The van der Waals surface area contributed by atoms with Crippen LogP contribution in [0.25, 0.3) is 0 Å². The van der Waals surface area contributed by atoms with Crippen LogP contribution in [0.4, 0.5) is 5.69 Å². The number of carbonyl (C=O) groups excluding carboxylic acids is 1. The number of carbonyl (C=O) groups is 1. The highest BCUT2D eigenvalue weighted by molar-refractivity contribution is 7.89. The molecule has 9 heteroatoms. The maximum Gasteiger partial charge on any atom is 0.267 e. The smallest absolute Gasteiger partial charge is 0.267 e. The first-order chi connectivity index (χ1) is 14.8. The summed E-state index contributed by atoms with van der Waals surface area (Å²) in [6.07, 6.45) is 1.47. The van der Waals surface area contributed by atoms with Crippen molar-refractivity contribution in [3.8, 4) is 11.8 Å². The Labute approximate surface area is 182 Å². The minimum Gasteiger partial charge on any atom is -0.495 e. The van der Waals surface area contributed by atoms with Crippen molar-refractivity contribution >= 4 is 21.6 Å². The van der Waals surface area contributed by atoms with Crippen LogP contribution < -0.4 is 10.1 Å². The van der Waals surface area contributed by atoms with E-state index in [2.05, 4.69) is 5.32 Å². The number of anilines is 1. The molecule has 1 fully saturated rings. The number of nitrogens with one attached hydrogen (secondary N) is 1. The fourth-order valence-electron chi connectivity index (χ4n) is 3.19. The lowest BCUT2D eigenvalue weighted by molar-refractivity contribution is -0.112. The summed E-state index contributed by atoms with van der Waals surface area (Å²) in [5, 5.41) is 12.1. The van der Waals surface area contributed by atoms with Crippen molar-refractivity contribution in [1.29, 1.82) is 5.26 Å². The Balaban J connectivity index is 1.66. The van der Waals surface area contributed by atoms with Gasteiger partial charge < -0.3 is 15.0 Å². The van der Waals surface area contributed by atoms with Crippen LogP contribution in [0.2, 0.25) is 0 Å². The molecule has 0 saturated carbocycles. The number of nitriles is 1. The zero-order chi connectivity index (χ0) is 22.4. The van der Waals surface area contributed by atoms with Gasteiger partial charge in [0.2, 0.25) is 10.0 Å². The highest BCUT2D eigenvalue weighted by Crippen LogP contribution is 2.24. The summed E-state index contributed by atoms with van der Waals surface area (Å²) in [5.41, 5.74) is 1.38. The van der Waals surface area contributed by atoms with Crippen molar-refractivity contribution < 1.29 is 17.9 Å². The van der Waals surface area contributed by atoms with Crippen LogP contribution in [0.15, 0.2) is 65.2 Å². The Morgan fingerprint density at radius 1 is 1.10 bits per heavy atom. The predicted octanol–water partition coefficient (Wildman–Crippen LogP) is 2.36. The van der Waals surface area contributed by atoms with Crippen molar-refractivity contribution in [3.63, 3.8) is 0 Å².